The van der Waals surface area contributed by atoms with Crippen LogP contribution in [0.25, 0.3) is 0 Å². The van der Waals surface area contributed by atoms with E-state index in [4.69, 9.17) is 32.7 Å². The lowest BCUT2D eigenvalue weighted by Gasteiger charge is -2.11. The summed E-state index contributed by atoms with van der Waals surface area (Å²) >= 11 is 11.8. The van der Waals surface area contributed by atoms with E-state index >= 15 is 0 Å². The van der Waals surface area contributed by atoms with Gasteiger partial charge >= 0.3 is 17.8 Å². The number of benzene rings is 3. The van der Waals surface area contributed by atoms with E-state index in [2.05, 4.69) is 15.8 Å². The number of hydrogen-bond donors (Lipinski definition) is 2. The Morgan fingerprint density at radius 1 is 0.941 bits per heavy atom. The first kappa shape index (κ1) is 24.8. The van der Waals surface area contributed by atoms with Crippen LogP contribution in [0.1, 0.15) is 22.8 Å². The number of carbonyl (C=O) groups excluding carboxylic acids is 3. The maximum atomic E-state index is 12.3. The van der Waals surface area contributed by atoms with E-state index in [-0.39, 0.29) is 16.5 Å². The standard InChI is InChI=1S/C24H19Cl2N3O5/c1-2-33-21-12-15(8-11-20(21)34-24(32)16-6-4-3-5-7-16)14-27-29-23(31)22(30)28-19-13-17(25)9-10-18(19)26/h3-14H,2H2,1H3,(H,28,30)(H,29,31). The highest BCUT2D eigenvalue weighted by molar-refractivity contribution is 6.42. The monoisotopic (exact) mass is 499 g/mol. The van der Waals surface area contributed by atoms with Gasteiger partial charge in [-0.3, -0.25) is 9.59 Å². The molecule has 0 heterocycles. The molecule has 0 aliphatic carbocycles. The molecule has 0 saturated heterocycles. The number of rotatable bonds is 7. The lowest BCUT2D eigenvalue weighted by Crippen LogP contribution is -2.32. The average Bonchev–Trinajstić information content (AvgIpc) is 2.83. The molecule has 2 amide bonds. The number of ether oxygens (including phenoxy) is 2. The first-order valence-corrected chi connectivity index (χ1v) is 10.8. The van der Waals surface area contributed by atoms with Crippen molar-refractivity contribution < 1.29 is 23.9 Å². The minimum Gasteiger partial charge on any atom is -0.490 e. The van der Waals surface area contributed by atoms with Gasteiger partial charge in [-0.05, 0) is 61.0 Å². The third-order valence-corrected chi connectivity index (χ3v) is 4.81. The van der Waals surface area contributed by atoms with Crippen LogP contribution in [0.5, 0.6) is 11.5 Å². The lowest BCUT2D eigenvalue weighted by molar-refractivity contribution is -0.136. The van der Waals surface area contributed by atoms with Gasteiger partial charge in [-0.1, -0.05) is 41.4 Å². The van der Waals surface area contributed by atoms with Crippen LogP contribution in [0.4, 0.5) is 5.69 Å². The summed E-state index contributed by atoms with van der Waals surface area (Å²) < 4.78 is 11.0. The van der Waals surface area contributed by atoms with Gasteiger partial charge in [0, 0.05) is 5.02 Å². The van der Waals surface area contributed by atoms with Gasteiger partial charge in [-0.15, -0.1) is 0 Å². The molecule has 0 atom stereocenters. The zero-order chi connectivity index (χ0) is 24.5. The fourth-order valence-electron chi connectivity index (χ4n) is 2.68. The van der Waals surface area contributed by atoms with E-state index in [0.717, 1.165) is 0 Å². The van der Waals surface area contributed by atoms with Crippen molar-refractivity contribution in [2.75, 3.05) is 11.9 Å². The highest BCUT2D eigenvalue weighted by Crippen LogP contribution is 2.29. The molecule has 0 saturated carbocycles. The molecule has 10 heteroatoms. The van der Waals surface area contributed by atoms with Crippen LogP contribution in [0.3, 0.4) is 0 Å². The lowest BCUT2D eigenvalue weighted by atomic mass is 10.2. The van der Waals surface area contributed by atoms with Crippen molar-refractivity contribution >= 4 is 52.9 Å². The van der Waals surface area contributed by atoms with Crippen molar-refractivity contribution in [2.24, 2.45) is 5.10 Å². The second kappa shape index (κ2) is 11.8. The molecule has 8 nitrogen and oxygen atoms in total. The maximum Gasteiger partial charge on any atom is 0.343 e. The van der Waals surface area contributed by atoms with E-state index in [1.807, 2.05) is 0 Å². The van der Waals surface area contributed by atoms with Crippen molar-refractivity contribution in [3.05, 3.63) is 87.9 Å². The minimum atomic E-state index is -1.01. The van der Waals surface area contributed by atoms with Gasteiger partial charge in [0.1, 0.15) is 0 Å². The van der Waals surface area contributed by atoms with Crippen molar-refractivity contribution in [3.63, 3.8) is 0 Å². The molecule has 0 aromatic heterocycles. The number of hydrogen-bond acceptors (Lipinski definition) is 6. The van der Waals surface area contributed by atoms with E-state index < -0.39 is 17.8 Å². The molecule has 0 aliphatic heterocycles. The SMILES string of the molecule is CCOc1cc(C=NNC(=O)C(=O)Nc2cc(Cl)ccc2Cl)ccc1OC(=O)c1ccccc1. The third-order valence-electron chi connectivity index (χ3n) is 4.24. The first-order valence-electron chi connectivity index (χ1n) is 10.0. The zero-order valence-corrected chi connectivity index (χ0v) is 19.4. The minimum absolute atomic E-state index is 0.195. The molecule has 0 spiro atoms. The Kier molecular flexibility index (Phi) is 8.61. The van der Waals surface area contributed by atoms with Gasteiger partial charge in [0.25, 0.3) is 0 Å². The second-order valence-electron chi connectivity index (χ2n) is 6.67. The van der Waals surface area contributed by atoms with Crippen LogP contribution in [0.15, 0.2) is 71.8 Å². The number of esters is 1. The van der Waals surface area contributed by atoms with Crippen LogP contribution in [0.2, 0.25) is 10.0 Å². The Morgan fingerprint density at radius 3 is 2.44 bits per heavy atom. The predicted octanol–water partition coefficient (Wildman–Crippen LogP) is 4.70. The summed E-state index contributed by atoms with van der Waals surface area (Å²) in [6.07, 6.45) is 1.31. The number of anilines is 1. The molecular formula is C24H19Cl2N3O5. The molecule has 174 valence electrons. The largest absolute Gasteiger partial charge is 0.490 e. The van der Waals surface area contributed by atoms with Crippen molar-refractivity contribution in [1.82, 2.24) is 5.43 Å². The molecule has 2 N–H and O–H groups in total. The van der Waals surface area contributed by atoms with E-state index in [1.54, 1.807) is 61.5 Å². The molecule has 0 bridgehead atoms. The van der Waals surface area contributed by atoms with Crippen LogP contribution in [0, 0.1) is 0 Å². The van der Waals surface area contributed by atoms with E-state index in [1.165, 1.54) is 18.3 Å². The second-order valence-corrected chi connectivity index (χ2v) is 7.52. The Morgan fingerprint density at radius 2 is 1.71 bits per heavy atom. The summed E-state index contributed by atoms with van der Waals surface area (Å²) in [5.41, 5.74) is 3.24. The van der Waals surface area contributed by atoms with E-state index in [9.17, 15) is 14.4 Å². The fourth-order valence-corrected chi connectivity index (χ4v) is 3.02. The van der Waals surface area contributed by atoms with Gasteiger partial charge < -0.3 is 14.8 Å². The molecule has 34 heavy (non-hydrogen) atoms. The summed E-state index contributed by atoms with van der Waals surface area (Å²) in [5.74, 6) is -1.96. The highest BCUT2D eigenvalue weighted by Gasteiger charge is 2.15. The Labute approximate surface area is 205 Å². The van der Waals surface area contributed by atoms with Crippen LogP contribution in [-0.2, 0) is 9.59 Å². The molecule has 3 rings (SSSR count). The smallest absolute Gasteiger partial charge is 0.343 e. The number of carbonyl (C=O) groups is 3. The Hall–Kier alpha value is -3.88. The number of hydrazone groups is 1. The zero-order valence-electron chi connectivity index (χ0n) is 17.9. The summed E-state index contributed by atoms with van der Waals surface area (Å²) in [6.45, 7) is 2.12. The van der Waals surface area contributed by atoms with Crippen LogP contribution >= 0.6 is 23.2 Å². The number of nitrogens with one attached hydrogen (secondary N) is 2. The predicted molar refractivity (Wildman–Crippen MR) is 130 cm³/mol. The number of nitrogens with zero attached hydrogens (tertiary/aromatic N) is 1. The van der Waals surface area contributed by atoms with Gasteiger partial charge in [-0.2, -0.15) is 5.10 Å². The summed E-state index contributed by atoms with van der Waals surface area (Å²) in [4.78, 5) is 36.4. The van der Waals surface area contributed by atoms with Crippen molar-refractivity contribution in [2.45, 2.75) is 6.92 Å². The van der Waals surface area contributed by atoms with Crippen LogP contribution < -0.4 is 20.2 Å². The maximum absolute atomic E-state index is 12.3. The topological polar surface area (TPSA) is 106 Å². The van der Waals surface area contributed by atoms with Gasteiger partial charge in [0.15, 0.2) is 11.5 Å². The van der Waals surface area contributed by atoms with Gasteiger partial charge in [0.2, 0.25) is 0 Å². The molecule has 3 aromatic carbocycles. The van der Waals surface area contributed by atoms with Crippen molar-refractivity contribution in [1.29, 1.82) is 0 Å². The van der Waals surface area contributed by atoms with Crippen molar-refractivity contribution in [3.8, 4) is 11.5 Å². The quantitative estimate of drug-likeness (QED) is 0.161. The summed E-state index contributed by atoms with van der Waals surface area (Å²) in [5, 5.41) is 6.71. The molecule has 3 aromatic rings. The Bertz CT molecular complexity index is 1230. The van der Waals surface area contributed by atoms with Crippen LogP contribution in [-0.4, -0.2) is 30.6 Å². The van der Waals surface area contributed by atoms with Gasteiger partial charge in [0.05, 0.1) is 29.1 Å². The average molecular weight is 500 g/mol. The summed E-state index contributed by atoms with van der Waals surface area (Å²) in [7, 11) is 0. The third kappa shape index (κ3) is 6.81. The molecule has 0 unspecified atom stereocenters. The number of halogens is 2. The normalized spacial score (nSPS) is 10.6. The van der Waals surface area contributed by atoms with E-state index in [0.29, 0.717) is 28.5 Å². The van der Waals surface area contributed by atoms with Gasteiger partial charge in [-0.25, -0.2) is 10.2 Å². The fraction of sp³-hybridized carbons (Fsp3) is 0.0833. The first-order chi connectivity index (χ1) is 16.4. The summed E-state index contributed by atoms with van der Waals surface area (Å²) in [6, 6.07) is 17.7. The molecule has 0 aliphatic rings. The molecule has 0 radical (unpaired) electrons. The Balaban J connectivity index is 1.64. The number of amides is 2. The molecule has 0 fully saturated rings. The highest BCUT2D eigenvalue weighted by atomic mass is 35.5. The molecular weight excluding hydrogens is 481 g/mol.